The number of nitrogens with one attached hydrogen (secondary N) is 1. The second kappa shape index (κ2) is 7.33. The topological polar surface area (TPSA) is 56.2 Å². The predicted octanol–water partition coefficient (Wildman–Crippen LogP) is 4.40. The van der Waals surface area contributed by atoms with Gasteiger partial charge in [0.05, 0.1) is 5.52 Å². The molecule has 1 N–H and O–H groups in total. The summed E-state index contributed by atoms with van der Waals surface area (Å²) in [7, 11) is 1.83. The summed E-state index contributed by atoms with van der Waals surface area (Å²) in [6.07, 6.45) is 0. The summed E-state index contributed by atoms with van der Waals surface area (Å²) < 4.78 is 7.48. The van der Waals surface area contributed by atoms with E-state index in [0.29, 0.717) is 18.0 Å². The molecule has 27 heavy (non-hydrogen) atoms. The number of hydrogen-bond donors (Lipinski definition) is 1. The molecule has 4 aromatic rings. The van der Waals surface area contributed by atoms with Gasteiger partial charge in [-0.1, -0.05) is 48.5 Å². The number of aromatic nitrogens is 2. The lowest BCUT2D eigenvalue weighted by Gasteiger charge is -2.08. The summed E-state index contributed by atoms with van der Waals surface area (Å²) >= 11 is 0. The maximum atomic E-state index is 12.6. The number of para-hydroxylation sites is 1. The highest BCUT2D eigenvalue weighted by atomic mass is 16.5. The molecule has 1 heterocycles. The quantitative estimate of drug-likeness (QED) is 0.576. The Morgan fingerprint density at radius 1 is 0.963 bits per heavy atom. The molecular formula is C22H19N3O2. The molecule has 0 saturated carbocycles. The molecule has 0 bridgehead atoms. The number of carbonyl (C=O) groups excluding carboxylic acids is 1. The van der Waals surface area contributed by atoms with E-state index >= 15 is 0 Å². The molecule has 3 aromatic carbocycles. The average Bonchev–Trinajstić information content (AvgIpc) is 3.05. The van der Waals surface area contributed by atoms with Crippen molar-refractivity contribution >= 4 is 22.5 Å². The molecule has 5 nitrogen and oxygen atoms in total. The molecule has 1 amide bonds. The van der Waals surface area contributed by atoms with Crippen LogP contribution in [0.2, 0.25) is 0 Å². The van der Waals surface area contributed by atoms with Gasteiger partial charge in [0.1, 0.15) is 12.4 Å². The number of aryl methyl sites for hydroxylation is 1. The molecule has 0 fully saturated rings. The lowest BCUT2D eigenvalue weighted by atomic mass is 10.2. The second-order valence-electron chi connectivity index (χ2n) is 6.24. The number of benzene rings is 3. The van der Waals surface area contributed by atoms with E-state index in [4.69, 9.17) is 4.74 Å². The first kappa shape index (κ1) is 16.8. The van der Waals surface area contributed by atoms with Crippen LogP contribution < -0.4 is 10.1 Å². The zero-order chi connectivity index (χ0) is 18.6. The average molecular weight is 357 g/mol. The Hall–Kier alpha value is -3.60. The van der Waals surface area contributed by atoms with Gasteiger partial charge in [0.25, 0.3) is 5.91 Å². The van der Waals surface area contributed by atoms with Crippen LogP contribution in [-0.4, -0.2) is 15.7 Å². The van der Waals surface area contributed by atoms with E-state index in [9.17, 15) is 4.79 Å². The van der Waals surface area contributed by atoms with Crippen LogP contribution in [-0.2, 0) is 13.7 Å². The minimum absolute atomic E-state index is 0.232. The Balaban J connectivity index is 1.44. The fraction of sp³-hybridized carbons (Fsp3) is 0.0909. The first-order valence-corrected chi connectivity index (χ1v) is 8.70. The molecule has 5 heteroatoms. The van der Waals surface area contributed by atoms with E-state index < -0.39 is 0 Å². The van der Waals surface area contributed by atoms with E-state index in [2.05, 4.69) is 10.4 Å². The van der Waals surface area contributed by atoms with Crippen LogP contribution in [0.1, 0.15) is 16.1 Å². The maximum absolute atomic E-state index is 12.6. The van der Waals surface area contributed by atoms with Crippen molar-refractivity contribution in [3.05, 3.63) is 90.1 Å². The van der Waals surface area contributed by atoms with Gasteiger partial charge in [0.2, 0.25) is 0 Å². The minimum Gasteiger partial charge on any atom is -0.489 e. The van der Waals surface area contributed by atoms with E-state index in [1.165, 1.54) is 0 Å². The molecule has 0 spiro atoms. The van der Waals surface area contributed by atoms with Crippen molar-refractivity contribution in [2.24, 2.45) is 7.05 Å². The van der Waals surface area contributed by atoms with Crippen molar-refractivity contribution in [2.45, 2.75) is 6.61 Å². The fourth-order valence-corrected chi connectivity index (χ4v) is 2.95. The Bertz CT molecular complexity index is 1070. The van der Waals surface area contributed by atoms with Crippen LogP contribution in [0.25, 0.3) is 10.9 Å². The van der Waals surface area contributed by atoms with E-state index in [1.54, 1.807) is 4.68 Å². The number of carbonyl (C=O) groups is 1. The molecule has 0 aliphatic heterocycles. The van der Waals surface area contributed by atoms with Gasteiger partial charge >= 0.3 is 0 Å². The number of ether oxygens (including phenoxy) is 1. The van der Waals surface area contributed by atoms with Crippen molar-refractivity contribution < 1.29 is 9.53 Å². The normalized spacial score (nSPS) is 10.7. The van der Waals surface area contributed by atoms with Crippen LogP contribution in [0.4, 0.5) is 5.69 Å². The summed E-state index contributed by atoms with van der Waals surface area (Å²) in [5.74, 6) is 0.518. The minimum atomic E-state index is -0.232. The summed E-state index contributed by atoms with van der Waals surface area (Å²) in [4.78, 5) is 12.6. The Kier molecular flexibility index (Phi) is 4.58. The monoisotopic (exact) mass is 357 g/mol. The lowest BCUT2D eigenvalue weighted by molar-refractivity contribution is 0.102. The number of fused-ring (bicyclic) bond motifs is 1. The first-order valence-electron chi connectivity index (χ1n) is 8.70. The molecule has 0 saturated heterocycles. The molecule has 134 valence electrons. The second-order valence-corrected chi connectivity index (χ2v) is 6.24. The van der Waals surface area contributed by atoms with Crippen LogP contribution in [0.5, 0.6) is 5.75 Å². The predicted molar refractivity (Wildman–Crippen MR) is 106 cm³/mol. The van der Waals surface area contributed by atoms with E-state index in [0.717, 1.165) is 22.2 Å². The van der Waals surface area contributed by atoms with E-state index in [-0.39, 0.29) is 5.91 Å². The molecule has 4 rings (SSSR count). The van der Waals surface area contributed by atoms with Crippen molar-refractivity contribution in [3.63, 3.8) is 0 Å². The zero-order valence-corrected chi connectivity index (χ0v) is 14.9. The van der Waals surface area contributed by atoms with Crippen molar-refractivity contribution in [2.75, 3.05) is 5.32 Å². The zero-order valence-electron chi connectivity index (χ0n) is 14.9. The van der Waals surface area contributed by atoms with Crippen LogP contribution >= 0.6 is 0 Å². The molecule has 0 aliphatic rings. The van der Waals surface area contributed by atoms with Gasteiger partial charge in [0.15, 0.2) is 5.69 Å². The summed E-state index contributed by atoms with van der Waals surface area (Å²) in [5, 5.41) is 8.07. The lowest BCUT2D eigenvalue weighted by Crippen LogP contribution is -2.13. The molecule has 0 radical (unpaired) electrons. The van der Waals surface area contributed by atoms with E-state index in [1.807, 2.05) is 85.9 Å². The first-order chi connectivity index (χ1) is 13.2. The van der Waals surface area contributed by atoms with Crippen molar-refractivity contribution in [1.82, 2.24) is 9.78 Å². The maximum Gasteiger partial charge on any atom is 0.276 e. The Morgan fingerprint density at radius 2 is 1.67 bits per heavy atom. The summed E-state index contributed by atoms with van der Waals surface area (Å²) in [6.45, 7) is 0.506. The third-order valence-corrected chi connectivity index (χ3v) is 4.33. The molecule has 1 aromatic heterocycles. The van der Waals surface area contributed by atoms with Crippen LogP contribution in [0.15, 0.2) is 78.9 Å². The summed E-state index contributed by atoms with van der Waals surface area (Å²) in [5.41, 5.74) is 3.14. The van der Waals surface area contributed by atoms with Gasteiger partial charge in [-0.15, -0.1) is 0 Å². The van der Waals surface area contributed by atoms with Gasteiger partial charge in [-0.3, -0.25) is 9.48 Å². The number of amides is 1. The highest BCUT2D eigenvalue weighted by molar-refractivity contribution is 6.11. The third-order valence-electron chi connectivity index (χ3n) is 4.33. The molecule has 0 aliphatic carbocycles. The highest BCUT2D eigenvalue weighted by Crippen LogP contribution is 2.21. The Morgan fingerprint density at radius 3 is 2.44 bits per heavy atom. The van der Waals surface area contributed by atoms with Crippen LogP contribution in [0.3, 0.4) is 0 Å². The van der Waals surface area contributed by atoms with Crippen molar-refractivity contribution in [3.8, 4) is 5.75 Å². The van der Waals surface area contributed by atoms with Gasteiger partial charge in [0, 0.05) is 18.1 Å². The highest BCUT2D eigenvalue weighted by Gasteiger charge is 2.15. The van der Waals surface area contributed by atoms with Crippen molar-refractivity contribution in [1.29, 1.82) is 0 Å². The number of anilines is 1. The van der Waals surface area contributed by atoms with Gasteiger partial charge in [-0.05, 0) is 35.9 Å². The molecule has 0 unspecified atom stereocenters. The smallest absolute Gasteiger partial charge is 0.276 e. The largest absolute Gasteiger partial charge is 0.489 e. The van der Waals surface area contributed by atoms with Crippen LogP contribution in [0, 0.1) is 0 Å². The number of hydrogen-bond acceptors (Lipinski definition) is 3. The summed E-state index contributed by atoms with van der Waals surface area (Å²) in [6, 6.07) is 25.0. The van der Waals surface area contributed by atoms with Gasteiger partial charge in [-0.25, -0.2) is 0 Å². The van der Waals surface area contributed by atoms with Gasteiger partial charge < -0.3 is 10.1 Å². The molecular weight excluding hydrogens is 338 g/mol. The van der Waals surface area contributed by atoms with Gasteiger partial charge in [-0.2, -0.15) is 5.10 Å². The number of rotatable bonds is 5. The molecule has 0 atom stereocenters. The fourth-order valence-electron chi connectivity index (χ4n) is 2.95. The SMILES string of the molecule is Cn1nc(C(=O)Nc2ccc(OCc3ccccc3)cc2)c2ccccc21. The number of nitrogens with zero attached hydrogens (tertiary/aromatic N) is 2. The third kappa shape index (κ3) is 3.67. The standard InChI is InChI=1S/C22H19N3O2/c1-25-20-10-6-5-9-19(20)21(24-25)22(26)23-17-11-13-18(14-12-17)27-15-16-7-3-2-4-8-16/h2-14H,15H2,1H3,(H,23,26). The Labute approximate surface area is 157 Å².